The molecule has 0 heterocycles. The highest BCUT2D eigenvalue weighted by Crippen LogP contribution is 2.28. The van der Waals surface area contributed by atoms with E-state index in [0.29, 0.717) is 23.9 Å². The van der Waals surface area contributed by atoms with Gasteiger partial charge < -0.3 is 10.5 Å². The van der Waals surface area contributed by atoms with Gasteiger partial charge in [-0.15, -0.1) is 0 Å². The van der Waals surface area contributed by atoms with Gasteiger partial charge in [0.15, 0.2) is 0 Å². The number of rotatable bonds is 7. The normalized spacial score (nSPS) is 11.8. The van der Waals surface area contributed by atoms with Crippen LogP contribution < -0.4 is 15.2 Å². The van der Waals surface area contributed by atoms with Gasteiger partial charge in [-0.1, -0.05) is 26.7 Å². The van der Waals surface area contributed by atoms with E-state index in [4.69, 9.17) is 10.5 Å². The maximum atomic E-state index is 12.4. The second-order valence-corrected chi connectivity index (χ2v) is 6.63. The van der Waals surface area contributed by atoms with Crippen LogP contribution in [0.1, 0.15) is 32.3 Å². The molecule has 6 heteroatoms. The highest BCUT2D eigenvalue weighted by Gasteiger charge is 2.21. The summed E-state index contributed by atoms with van der Waals surface area (Å²) in [6.45, 7) is 6.33. The molecule has 0 amide bonds. The van der Waals surface area contributed by atoms with Gasteiger partial charge in [-0.05, 0) is 30.5 Å². The fourth-order valence-electron chi connectivity index (χ4n) is 1.93. The average molecular weight is 300 g/mol. The Labute approximate surface area is 121 Å². The topological polar surface area (TPSA) is 81.4 Å². The van der Waals surface area contributed by atoms with Crippen LogP contribution in [-0.2, 0) is 10.0 Å². The number of hydrogen-bond donors (Lipinski definition) is 2. The zero-order valence-corrected chi connectivity index (χ0v) is 13.4. The second-order valence-electron chi connectivity index (χ2n) is 4.89. The van der Waals surface area contributed by atoms with Crippen molar-refractivity contribution in [1.29, 1.82) is 0 Å². The maximum Gasteiger partial charge on any atom is 0.244 e. The molecule has 0 aliphatic carbocycles. The quantitative estimate of drug-likeness (QED) is 0.757. The standard InChI is InChI=1S/C14H24N2O3S/c1-5-11(6-2)9-16-20(17,18)14-8-12(15)10(3)7-13(14)19-4/h7-8,11,16H,5-6,9,15H2,1-4H3. The molecule has 0 fully saturated rings. The number of ether oxygens (including phenoxy) is 1. The molecule has 114 valence electrons. The smallest absolute Gasteiger partial charge is 0.244 e. The van der Waals surface area contributed by atoms with E-state index >= 15 is 0 Å². The number of nitrogen functional groups attached to an aromatic ring is 1. The van der Waals surface area contributed by atoms with Gasteiger partial charge in [-0.3, -0.25) is 0 Å². The number of methoxy groups -OCH3 is 1. The van der Waals surface area contributed by atoms with Crippen molar-refractivity contribution in [3.8, 4) is 5.75 Å². The molecule has 5 nitrogen and oxygen atoms in total. The highest BCUT2D eigenvalue weighted by atomic mass is 32.2. The SMILES string of the molecule is CCC(CC)CNS(=O)(=O)c1cc(N)c(C)cc1OC. The summed E-state index contributed by atoms with van der Waals surface area (Å²) in [5, 5.41) is 0. The van der Waals surface area contributed by atoms with Crippen LogP contribution >= 0.6 is 0 Å². The number of aryl methyl sites for hydroxylation is 1. The van der Waals surface area contributed by atoms with Gasteiger partial charge in [-0.2, -0.15) is 0 Å². The summed E-state index contributed by atoms with van der Waals surface area (Å²) in [5.74, 6) is 0.646. The lowest BCUT2D eigenvalue weighted by atomic mass is 10.0. The van der Waals surface area contributed by atoms with Crippen LogP contribution in [0.5, 0.6) is 5.75 Å². The molecule has 1 aromatic carbocycles. The molecule has 0 aromatic heterocycles. The van der Waals surface area contributed by atoms with Crippen molar-refractivity contribution < 1.29 is 13.2 Å². The van der Waals surface area contributed by atoms with Crippen LogP contribution in [0.25, 0.3) is 0 Å². The molecule has 0 unspecified atom stereocenters. The van der Waals surface area contributed by atoms with E-state index in [0.717, 1.165) is 18.4 Å². The first-order chi connectivity index (χ1) is 9.35. The summed E-state index contributed by atoms with van der Waals surface area (Å²) in [4.78, 5) is 0.0917. The summed E-state index contributed by atoms with van der Waals surface area (Å²) >= 11 is 0. The zero-order chi connectivity index (χ0) is 15.3. The lowest BCUT2D eigenvalue weighted by Crippen LogP contribution is -2.29. The number of anilines is 1. The fraction of sp³-hybridized carbons (Fsp3) is 0.571. The number of benzene rings is 1. The van der Waals surface area contributed by atoms with E-state index in [-0.39, 0.29) is 4.90 Å². The molecule has 0 radical (unpaired) electrons. The molecule has 20 heavy (non-hydrogen) atoms. The van der Waals surface area contributed by atoms with Gasteiger partial charge in [0.25, 0.3) is 0 Å². The van der Waals surface area contributed by atoms with Crippen LogP contribution in [0.4, 0.5) is 5.69 Å². The van der Waals surface area contributed by atoms with Gasteiger partial charge in [0.2, 0.25) is 10.0 Å². The number of nitrogens with one attached hydrogen (secondary N) is 1. The van der Waals surface area contributed by atoms with E-state index in [1.807, 2.05) is 20.8 Å². The third-order valence-corrected chi connectivity index (χ3v) is 5.00. The molecular weight excluding hydrogens is 276 g/mol. The Morgan fingerprint density at radius 1 is 1.30 bits per heavy atom. The molecule has 0 spiro atoms. The number of sulfonamides is 1. The molecule has 0 atom stereocenters. The molecule has 0 aliphatic rings. The minimum Gasteiger partial charge on any atom is -0.495 e. The minimum absolute atomic E-state index is 0.0917. The van der Waals surface area contributed by atoms with E-state index in [9.17, 15) is 8.42 Å². The maximum absolute atomic E-state index is 12.4. The molecule has 0 saturated heterocycles. The van der Waals surface area contributed by atoms with Crippen LogP contribution in [0.15, 0.2) is 17.0 Å². The van der Waals surface area contributed by atoms with Gasteiger partial charge in [0.1, 0.15) is 10.6 Å². The Bertz CT molecular complexity index is 552. The first kappa shape index (κ1) is 16.8. The third kappa shape index (κ3) is 3.86. The fourth-order valence-corrected chi connectivity index (χ4v) is 3.23. The van der Waals surface area contributed by atoms with Gasteiger partial charge in [-0.25, -0.2) is 13.1 Å². The van der Waals surface area contributed by atoms with Crippen molar-refractivity contribution >= 4 is 15.7 Å². The molecule has 0 bridgehead atoms. The summed E-state index contributed by atoms with van der Waals surface area (Å²) in [6.07, 6.45) is 1.87. The third-order valence-electron chi connectivity index (χ3n) is 3.56. The van der Waals surface area contributed by atoms with E-state index in [1.165, 1.54) is 13.2 Å². The van der Waals surface area contributed by atoms with Crippen LogP contribution in [0.2, 0.25) is 0 Å². The highest BCUT2D eigenvalue weighted by molar-refractivity contribution is 7.89. The van der Waals surface area contributed by atoms with Crippen molar-refractivity contribution in [3.05, 3.63) is 17.7 Å². The summed E-state index contributed by atoms with van der Waals surface area (Å²) in [6, 6.07) is 3.09. The predicted molar refractivity (Wildman–Crippen MR) is 81.4 cm³/mol. The Morgan fingerprint density at radius 2 is 1.90 bits per heavy atom. The summed E-state index contributed by atoms with van der Waals surface area (Å²) in [5.41, 5.74) is 7.03. The zero-order valence-electron chi connectivity index (χ0n) is 12.6. The first-order valence-electron chi connectivity index (χ1n) is 6.79. The molecule has 1 rings (SSSR count). The van der Waals surface area contributed by atoms with Crippen molar-refractivity contribution in [2.75, 3.05) is 19.4 Å². The van der Waals surface area contributed by atoms with E-state index in [2.05, 4.69) is 4.72 Å². The van der Waals surface area contributed by atoms with Crippen molar-refractivity contribution in [3.63, 3.8) is 0 Å². The Kier molecular flexibility index (Phi) is 5.83. The Balaban J connectivity index is 3.06. The van der Waals surface area contributed by atoms with Crippen molar-refractivity contribution in [1.82, 2.24) is 4.72 Å². The largest absolute Gasteiger partial charge is 0.495 e. The van der Waals surface area contributed by atoms with E-state index < -0.39 is 10.0 Å². The molecule has 1 aromatic rings. The summed E-state index contributed by atoms with van der Waals surface area (Å²) < 4.78 is 32.5. The van der Waals surface area contributed by atoms with Crippen molar-refractivity contribution in [2.45, 2.75) is 38.5 Å². The Morgan fingerprint density at radius 3 is 2.40 bits per heavy atom. The molecular formula is C14H24N2O3S. The summed E-state index contributed by atoms with van der Waals surface area (Å²) in [7, 11) is -2.16. The van der Waals surface area contributed by atoms with Crippen molar-refractivity contribution in [2.24, 2.45) is 5.92 Å². The Hall–Kier alpha value is -1.27. The number of nitrogens with two attached hydrogens (primary N) is 1. The van der Waals surface area contributed by atoms with Crippen LogP contribution in [-0.4, -0.2) is 22.1 Å². The molecule has 3 N–H and O–H groups in total. The number of hydrogen-bond acceptors (Lipinski definition) is 4. The first-order valence-corrected chi connectivity index (χ1v) is 8.27. The van der Waals surface area contributed by atoms with Gasteiger partial charge >= 0.3 is 0 Å². The van der Waals surface area contributed by atoms with E-state index in [1.54, 1.807) is 6.07 Å². The monoisotopic (exact) mass is 300 g/mol. The minimum atomic E-state index is -3.61. The van der Waals surface area contributed by atoms with Crippen LogP contribution in [0.3, 0.4) is 0 Å². The average Bonchev–Trinajstić information content (AvgIpc) is 2.42. The molecule has 0 saturated carbocycles. The second kappa shape index (κ2) is 6.95. The lowest BCUT2D eigenvalue weighted by Gasteiger charge is -2.16. The predicted octanol–water partition coefficient (Wildman–Crippen LogP) is 2.30. The van der Waals surface area contributed by atoms with Gasteiger partial charge in [0.05, 0.1) is 7.11 Å². The molecule has 0 aliphatic heterocycles. The lowest BCUT2D eigenvalue weighted by molar-refractivity contribution is 0.401. The van der Waals surface area contributed by atoms with Gasteiger partial charge in [0, 0.05) is 12.2 Å². The van der Waals surface area contributed by atoms with Crippen LogP contribution in [0, 0.1) is 12.8 Å².